The summed E-state index contributed by atoms with van der Waals surface area (Å²) < 4.78 is 6.66. The van der Waals surface area contributed by atoms with Crippen LogP contribution < -0.4 is 0 Å². The van der Waals surface area contributed by atoms with Crippen LogP contribution in [-0.2, 0) is 11.2 Å². The first-order valence-corrected chi connectivity index (χ1v) is 10.7. The van der Waals surface area contributed by atoms with Crippen LogP contribution in [0.1, 0.15) is 54.7 Å². The maximum absolute atomic E-state index is 6.66. The third-order valence-electron chi connectivity index (χ3n) is 7.45. The second-order valence-corrected chi connectivity index (χ2v) is 8.62. The lowest BCUT2D eigenvalue weighted by molar-refractivity contribution is -0.138. The molecule has 2 aliphatic heterocycles. The summed E-state index contributed by atoms with van der Waals surface area (Å²) in [7, 11) is 0. The van der Waals surface area contributed by atoms with Gasteiger partial charge in [-0.05, 0) is 48.8 Å². The van der Waals surface area contributed by atoms with Gasteiger partial charge in [-0.2, -0.15) is 0 Å². The zero-order valence-corrected chi connectivity index (χ0v) is 15.9. The third kappa shape index (κ3) is 2.17. The van der Waals surface area contributed by atoms with E-state index >= 15 is 0 Å². The van der Waals surface area contributed by atoms with E-state index in [2.05, 4.69) is 59.5 Å². The molecule has 1 saturated heterocycles. The molecule has 138 valence electrons. The molecule has 4 aliphatic rings. The van der Waals surface area contributed by atoms with Crippen LogP contribution in [0.25, 0.3) is 5.70 Å². The minimum Gasteiger partial charge on any atom is -0.353 e. The number of nitrogens with zero attached hydrogens (tertiary/aromatic N) is 1. The predicted octanol–water partition coefficient (Wildman–Crippen LogP) is 5.36. The number of benzene rings is 2. The van der Waals surface area contributed by atoms with Gasteiger partial charge in [-0.25, -0.2) is 0 Å². The maximum atomic E-state index is 6.66. The van der Waals surface area contributed by atoms with E-state index in [0.29, 0.717) is 11.8 Å². The second-order valence-electron chi connectivity index (χ2n) is 8.62. The van der Waals surface area contributed by atoms with Gasteiger partial charge in [-0.1, -0.05) is 61.0 Å². The third-order valence-corrected chi connectivity index (χ3v) is 7.45. The topological polar surface area (TPSA) is 12.5 Å². The lowest BCUT2D eigenvalue weighted by atomic mass is 9.63. The van der Waals surface area contributed by atoms with Crippen LogP contribution in [0.4, 0.5) is 0 Å². The molecule has 2 nitrogen and oxygen atoms in total. The smallest absolute Gasteiger partial charge is 0.145 e. The van der Waals surface area contributed by atoms with Gasteiger partial charge < -0.3 is 9.64 Å². The van der Waals surface area contributed by atoms with Crippen LogP contribution in [0.3, 0.4) is 0 Å². The van der Waals surface area contributed by atoms with Crippen molar-refractivity contribution in [2.45, 2.75) is 50.2 Å². The molecule has 2 aromatic carbocycles. The molecule has 0 radical (unpaired) electrons. The Morgan fingerprint density at radius 1 is 0.926 bits per heavy atom. The molecular formula is C25H27NO. The van der Waals surface area contributed by atoms with E-state index in [1.807, 2.05) is 0 Å². The minimum absolute atomic E-state index is 0.0813. The van der Waals surface area contributed by atoms with Gasteiger partial charge in [0.15, 0.2) is 0 Å². The Morgan fingerprint density at radius 3 is 2.70 bits per heavy atom. The Kier molecular flexibility index (Phi) is 3.53. The highest BCUT2D eigenvalue weighted by molar-refractivity contribution is 5.75. The summed E-state index contributed by atoms with van der Waals surface area (Å²) in [6, 6.07) is 20.4. The van der Waals surface area contributed by atoms with Crippen molar-refractivity contribution >= 4 is 5.70 Å². The lowest BCUT2D eigenvalue weighted by Gasteiger charge is -2.56. The largest absolute Gasteiger partial charge is 0.353 e. The highest BCUT2D eigenvalue weighted by Crippen LogP contribution is 2.59. The molecule has 2 heteroatoms. The molecule has 0 bridgehead atoms. The summed E-state index contributed by atoms with van der Waals surface area (Å²) in [5.41, 5.74) is 7.58. The van der Waals surface area contributed by atoms with Crippen molar-refractivity contribution in [3.63, 3.8) is 0 Å². The van der Waals surface area contributed by atoms with E-state index in [-0.39, 0.29) is 5.72 Å². The summed E-state index contributed by atoms with van der Waals surface area (Å²) in [6.45, 7) is 1.92. The van der Waals surface area contributed by atoms with Crippen molar-refractivity contribution in [1.29, 1.82) is 0 Å². The predicted molar refractivity (Wildman–Crippen MR) is 108 cm³/mol. The molecule has 2 aliphatic carbocycles. The van der Waals surface area contributed by atoms with Crippen molar-refractivity contribution in [2.24, 2.45) is 5.92 Å². The van der Waals surface area contributed by atoms with Gasteiger partial charge in [-0.3, -0.25) is 0 Å². The molecule has 2 heterocycles. The van der Waals surface area contributed by atoms with Gasteiger partial charge >= 0.3 is 0 Å². The molecule has 0 aromatic heterocycles. The fourth-order valence-electron chi connectivity index (χ4n) is 6.47. The first-order valence-electron chi connectivity index (χ1n) is 10.7. The molecule has 3 atom stereocenters. The van der Waals surface area contributed by atoms with Crippen LogP contribution >= 0.6 is 0 Å². The van der Waals surface area contributed by atoms with Crippen LogP contribution in [0, 0.1) is 5.92 Å². The van der Waals surface area contributed by atoms with Gasteiger partial charge in [0, 0.05) is 29.6 Å². The van der Waals surface area contributed by atoms with Crippen LogP contribution in [-0.4, -0.2) is 23.8 Å². The highest BCUT2D eigenvalue weighted by Gasteiger charge is 2.57. The molecule has 1 saturated carbocycles. The van der Waals surface area contributed by atoms with Gasteiger partial charge in [0.1, 0.15) is 5.72 Å². The first-order chi connectivity index (χ1) is 13.4. The first kappa shape index (κ1) is 15.9. The standard InChI is InChI=1S/C25H27NO/c1-2-9-19(10-3-1)23-21-14-13-18-8-4-5-11-20(18)24(21)26-16-17-27-25(26)15-7-6-12-22(23)25/h1-5,8-11,22-23H,6-7,12-17H2/t22-,23-,25-/m1/s1. The molecule has 0 unspecified atom stereocenters. The van der Waals surface area contributed by atoms with Crippen LogP contribution in [0.15, 0.2) is 60.2 Å². The molecule has 0 amide bonds. The van der Waals surface area contributed by atoms with Crippen molar-refractivity contribution in [2.75, 3.05) is 13.2 Å². The van der Waals surface area contributed by atoms with E-state index in [1.54, 1.807) is 5.57 Å². The normalized spacial score (nSPS) is 31.8. The van der Waals surface area contributed by atoms with E-state index in [4.69, 9.17) is 4.74 Å². The van der Waals surface area contributed by atoms with Crippen molar-refractivity contribution in [3.8, 4) is 0 Å². The minimum atomic E-state index is -0.0813. The van der Waals surface area contributed by atoms with Crippen molar-refractivity contribution < 1.29 is 4.74 Å². The fraction of sp³-hybridized carbons (Fsp3) is 0.440. The number of hydrogen-bond donors (Lipinski definition) is 0. The average molecular weight is 357 g/mol. The van der Waals surface area contributed by atoms with Crippen molar-refractivity contribution in [3.05, 3.63) is 76.9 Å². The van der Waals surface area contributed by atoms with Crippen molar-refractivity contribution in [1.82, 2.24) is 4.90 Å². The summed E-state index contributed by atoms with van der Waals surface area (Å²) >= 11 is 0. The quantitative estimate of drug-likeness (QED) is 0.681. The monoisotopic (exact) mass is 357 g/mol. The Balaban J connectivity index is 1.62. The fourth-order valence-corrected chi connectivity index (χ4v) is 6.47. The number of aryl methyl sites for hydroxylation is 1. The van der Waals surface area contributed by atoms with E-state index in [1.165, 1.54) is 60.9 Å². The molecule has 2 aromatic rings. The number of ether oxygens (including phenoxy) is 1. The van der Waals surface area contributed by atoms with Gasteiger partial charge in [-0.15, -0.1) is 0 Å². The van der Waals surface area contributed by atoms with E-state index in [0.717, 1.165) is 13.2 Å². The Labute approximate surface area is 161 Å². The zero-order valence-electron chi connectivity index (χ0n) is 15.9. The molecular weight excluding hydrogens is 330 g/mol. The molecule has 1 spiro atoms. The highest BCUT2D eigenvalue weighted by atomic mass is 16.5. The zero-order chi connectivity index (χ0) is 17.8. The Bertz CT molecular complexity index is 902. The Hall–Kier alpha value is -2.06. The lowest BCUT2D eigenvalue weighted by Crippen LogP contribution is -2.57. The van der Waals surface area contributed by atoms with Crippen LogP contribution in [0.2, 0.25) is 0 Å². The average Bonchev–Trinajstić information content (AvgIpc) is 3.15. The van der Waals surface area contributed by atoms with Gasteiger partial charge in [0.05, 0.1) is 6.61 Å². The second kappa shape index (κ2) is 5.97. The summed E-state index contributed by atoms with van der Waals surface area (Å²) in [5, 5.41) is 0. The number of fused-ring (bicyclic) bond motifs is 3. The number of allylic oxidation sites excluding steroid dienone is 1. The van der Waals surface area contributed by atoms with E-state index in [9.17, 15) is 0 Å². The summed E-state index contributed by atoms with van der Waals surface area (Å²) in [4.78, 5) is 2.70. The van der Waals surface area contributed by atoms with Crippen LogP contribution in [0.5, 0.6) is 0 Å². The molecule has 2 fully saturated rings. The number of hydrogen-bond acceptors (Lipinski definition) is 2. The molecule has 27 heavy (non-hydrogen) atoms. The summed E-state index contributed by atoms with van der Waals surface area (Å²) in [6.07, 6.45) is 7.46. The van der Waals surface area contributed by atoms with Gasteiger partial charge in [0.2, 0.25) is 0 Å². The Morgan fingerprint density at radius 2 is 1.78 bits per heavy atom. The van der Waals surface area contributed by atoms with Gasteiger partial charge in [0.25, 0.3) is 0 Å². The summed E-state index contributed by atoms with van der Waals surface area (Å²) in [5.74, 6) is 1.09. The SMILES string of the molecule is c1ccc([C@@H]2C3=C(c4ccccc4CC3)N3CCO[C@@]34CCCC[C@H]24)cc1. The molecule has 0 N–H and O–H groups in total. The number of rotatable bonds is 1. The van der Waals surface area contributed by atoms with E-state index < -0.39 is 0 Å². The molecule has 6 rings (SSSR count). The maximum Gasteiger partial charge on any atom is 0.145 e.